The van der Waals surface area contributed by atoms with Crippen LogP contribution in [-0.4, -0.2) is 26.6 Å². The fourth-order valence-corrected chi connectivity index (χ4v) is 3.71. The zero-order valence-corrected chi connectivity index (χ0v) is 13.5. The average Bonchev–Trinajstić information content (AvgIpc) is 3.09. The van der Waals surface area contributed by atoms with Crippen LogP contribution in [0.5, 0.6) is 0 Å². The number of nitrogens with two attached hydrogens (primary N) is 1. The van der Waals surface area contributed by atoms with E-state index in [9.17, 15) is 18.5 Å². The molecule has 1 aliphatic heterocycles. The van der Waals surface area contributed by atoms with Crippen LogP contribution in [-0.2, 0) is 14.8 Å². The van der Waals surface area contributed by atoms with Gasteiger partial charge in [-0.1, -0.05) is 30.3 Å². The molecule has 1 amide bonds. The average molecular weight is 345 g/mol. The molecule has 1 atom stereocenters. The van der Waals surface area contributed by atoms with Gasteiger partial charge in [-0.15, -0.1) is 0 Å². The summed E-state index contributed by atoms with van der Waals surface area (Å²) in [5.41, 5.74) is 1.02. The van der Waals surface area contributed by atoms with Crippen LogP contribution in [0.15, 0.2) is 40.8 Å². The number of furan rings is 1. The van der Waals surface area contributed by atoms with Crippen molar-refractivity contribution >= 4 is 21.8 Å². The van der Waals surface area contributed by atoms with E-state index in [4.69, 9.17) is 9.56 Å². The first-order valence-corrected chi connectivity index (χ1v) is 8.99. The predicted octanol–water partition coefficient (Wildman–Crippen LogP) is 1.46. The van der Waals surface area contributed by atoms with Crippen LogP contribution in [0.25, 0.3) is 11.3 Å². The van der Waals surface area contributed by atoms with E-state index in [1.807, 2.05) is 36.4 Å². The van der Waals surface area contributed by atoms with Crippen molar-refractivity contribution < 1.29 is 17.6 Å². The lowest BCUT2D eigenvalue weighted by Crippen LogP contribution is -2.27. The van der Waals surface area contributed by atoms with Gasteiger partial charge in [-0.25, -0.2) is 13.6 Å². The molecule has 0 radical (unpaired) electrons. The Morgan fingerprint density at radius 1 is 1.33 bits per heavy atom. The quantitative estimate of drug-likeness (QED) is 0.900. The Kier molecular flexibility index (Phi) is 4.13. The summed E-state index contributed by atoms with van der Waals surface area (Å²) in [5.74, 6) is -0.342. The maximum absolute atomic E-state index is 12.2. The van der Waals surface area contributed by atoms with Crippen LogP contribution in [0.3, 0.4) is 0 Å². The first kappa shape index (κ1) is 16.2. The van der Waals surface area contributed by atoms with Crippen molar-refractivity contribution in [3.63, 3.8) is 0 Å². The van der Waals surface area contributed by atoms with Gasteiger partial charge in [-0.3, -0.25) is 9.69 Å². The lowest BCUT2D eigenvalue weighted by atomic mass is 10.1. The van der Waals surface area contributed by atoms with Crippen LogP contribution >= 0.6 is 0 Å². The summed E-state index contributed by atoms with van der Waals surface area (Å²) in [4.78, 5) is 13.5. The van der Waals surface area contributed by atoms with Crippen LogP contribution in [0, 0.1) is 17.2 Å². The van der Waals surface area contributed by atoms with Crippen molar-refractivity contribution in [2.24, 2.45) is 11.1 Å². The largest absolute Gasteiger partial charge is 0.439 e. The number of anilines is 1. The third-order valence-corrected chi connectivity index (χ3v) is 4.75. The van der Waals surface area contributed by atoms with Gasteiger partial charge in [0, 0.05) is 30.5 Å². The number of hydrogen-bond acceptors (Lipinski definition) is 5. The van der Waals surface area contributed by atoms with Gasteiger partial charge in [0.15, 0.2) is 0 Å². The number of carbonyl (C=O) groups excluding carboxylic acids is 1. The molecule has 2 aromatic rings. The Hall–Kier alpha value is -2.63. The topological polar surface area (TPSA) is 117 Å². The molecular formula is C16H15N3O4S. The lowest BCUT2D eigenvalue weighted by Gasteiger charge is -2.13. The second-order valence-electron chi connectivity index (χ2n) is 5.71. The standard InChI is InChI=1S/C16H15N3O4S/c17-8-13-7-14(12-4-2-1-3-5-12)23-16(13)19-9-11(6-15(19)20)10-24(18,21)22/h1-5,7,11H,6,9-10H2,(H2,18,21,22). The first-order valence-electron chi connectivity index (χ1n) is 7.27. The molecule has 1 aliphatic rings. The summed E-state index contributed by atoms with van der Waals surface area (Å²) >= 11 is 0. The molecule has 1 saturated heterocycles. The van der Waals surface area contributed by atoms with Crippen LogP contribution in [0.4, 0.5) is 5.88 Å². The van der Waals surface area contributed by atoms with Gasteiger partial charge in [0.05, 0.1) is 5.75 Å². The fraction of sp³-hybridized carbons (Fsp3) is 0.250. The SMILES string of the molecule is N#Cc1cc(-c2ccccc2)oc1N1CC(CS(N)(=O)=O)CC1=O. The summed E-state index contributed by atoms with van der Waals surface area (Å²) in [7, 11) is -3.66. The Labute approximate surface area is 139 Å². The molecule has 0 saturated carbocycles. The third kappa shape index (κ3) is 3.32. The predicted molar refractivity (Wildman–Crippen MR) is 87.3 cm³/mol. The molecule has 7 nitrogen and oxygen atoms in total. The van der Waals surface area contributed by atoms with Gasteiger partial charge >= 0.3 is 0 Å². The number of primary sulfonamides is 1. The molecule has 0 spiro atoms. The highest BCUT2D eigenvalue weighted by Crippen LogP contribution is 2.34. The molecule has 24 heavy (non-hydrogen) atoms. The van der Waals surface area contributed by atoms with E-state index in [2.05, 4.69) is 0 Å². The van der Waals surface area contributed by atoms with E-state index >= 15 is 0 Å². The number of carbonyl (C=O) groups is 1. The Morgan fingerprint density at radius 2 is 2.04 bits per heavy atom. The van der Waals surface area contributed by atoms with Crippen LogP contribution in [0.1, 0.15) is 12.0 Å². The Balaban J connectivity index is 1.91. The molecular weight excluding hydrogens is 330 g/mol. The van der Waals surface area contributed by atoms with Gasteiger partial charge in [0.2, 0.25) is 21.8 Å². The minimum absolute atomic E-state index is 0.0582. The summed E-state index contributed by atoms with van der Waals surface area (Å²) in [5, 5.41) is 14.4. The molecule has 8 heteroatoms. The normalized spacial score (nSPS) is 17.9. The van der Waals surface area contributed by atoms with E-state index in [1.165, 1.54) is 4.90 Å². The maximum atomic E-state index is 12.2. The van der Waals surface area contributed by atoms with E-state index in [1.54, 1.807) is 6.07 Å². The van der Waals surface area contributed by atoms with E-state index in [-0.39, 0.29) is 36.1 Å². The number of benzene rings is 1. The van der Waals surface area contributed by atoms with Crippen LogP contribution < -0.4 is 10.0 Å². The molecule has 1 unspecified atom stereocenters. The highest BCUT2D eigenvalue weighted by Gasteiger charge is 2.36. The first-order chi connectivity index (χ1) is 11.4. The Bertz CT molecular complexity index is 913. The number of nitriles is 1. The molecule has 1 fully saturated rings. The number of rotatable bonds is 4. The third-order valence-electron chi connectivity index (χ3n) is 3.81. The van der Waals surface area contributed by atoms with Gasteiger partial charge in [-0.2, -0.15) is 5.26 Å². The van der Waals surface area contributed by atoms with Crippen molar-refractivity contribution in [2.45, 2.75) is 6.42 Å². The van der Waals surface area contributed by atoms with Gasteiger partial charge < -0.3 is 4.42 Å². The van der Waals surface area contributed by atoms with Gasteiger partial charge in [0.1, 0.15) is 17.4 Å². The number of amides is 1. The summed E-state index contributed by atoms with van der Waals surface area (Å²) in [6.07, 6.45) is 0.0582. The van der Waals surface area contributed by atoms with Crippen molar-refractivity contribution in [3.05, 3.63) is 42.0 Å². The summed E-state index contributed by atoms with van der Waals surface area (Å²) in [6, 6.07) is 12.8. The molecule has 0 bridgehead atoms. The molecule has 3 rings (SSSR count). The van der Waals surface area contributed by atoms with Crippen molar-refractivity contribution in [1.29, 1.82) is 5.26 Å². The smallest absolute Gasteiger partial charge is 0.229 e. The summed E-state index contributed by atoms with van der Waals surface area (Å²) in [6.45, 7) is 0.158. The Morgan fingerprint density at radius 3 is 2.67 bits per heavy atom. The molecule has 124 valence electrons. The second kappa shape index (κ2) is 6.11. The zero-order valence-electron chi connectivity index (χ0n) is 12.7. The van der Waals surface area contributed by atoms with Crippen molar-refractivity contribution in [3.8, 4) is 17.4 Å². The second-order valence-corrected chi connectivity index (χ2v) is 7.37. The van der Waals surface area contributed by atoms with Crippen LogP contribution in [0.2, 0.25) is 0 Å². The van der Waals surface area contributed by atoms with Crippen molar-refractivity contribution in [2.75, 3.05) is 17.2 Å². The van der Waals surface area contributed by atoms with E-state index in [0.29, 0.717) is 5.76 Å². The minimum atomic E-state index is -3.66. The molecule has 0 aliphatic carbocycles. The highest BCUT2D eigenvalue weighted by atomic mass is 32.2. The lowest BCUT2D eigenvalue weighted by molar-refractivity contribution is -0.117. The zero-order chi connectivity index (χ0) is 17.3. The van der Waals surface area contributed by atoms with E-state index in [0.717, 1.165) is 5.56 Å². The highest BCUT2D eigenvalue weighted by molar-refractivity contribution is 7.89. The molecule has 1 aromatic carbocycles. The molecule has 2 N–H and O–H groups in total. The maximum Gasteiger partial charge on any atom is 0.229 e. The minimum Gasteiger partial charge on any atom is -0.439 e. The number of sulfonamides is 1. The summed E-state index contributed by atoms with van der Waals surface area (Å²) < 4.78 is 28.2. The molecule has 2 heterocycles. The number of hydrogen-bond donors (Lipinski definition) is 1. The monoisotopic (exact) mass is 345 g/mol. The van der Waals surface area contributed by atoms with Gasteiger partial charge in [-0.05, 0) is 0 Å². The number of nitrogens with zero attached hydrogens (tertiary/aromatic N) is 2. The van der Waals surface area contributed by atoms with Crippen molar-refractivity contribution in [1.82, 2.24) is 0 Å². The van der Waals surface area contributed by atoms with Gasteiger partial charge in [0.25, 0.3) is 0 Å². The van der Waals surface area contributed by atoms with E-state index < -0.39 is 15.9 Å². The fourth-order valence-electron chi connectivity index (χ4n) is 2.82. The molecule has 1 aromatic heterocycles.